The number of rotatable bonds is 7. The fraction of sp³-hybridized carbons (Fsp3) is 0.387. The second-order valence-electron chi connectivity index (χ2n) is 11.3. The monoisotopic (exact) mass is 577 g/mol. The molecule has 4 aromatic rings. The molecule has 216 valence electrons. The second-order valence-corrected chi connectivity index (χ2v) is 11.7. The number of likely N-dealkylation sites (tertiary alicyclic amines) is 1. The summed E-state index contributed by atoms with van der Waals surface area (Å²) in [4.78, 5) is 31.2. The van der Waals surface area contributed by atoms with Gasteiger partial charge in [0.05, 0.1) is 30.3 Å². The van der Waals surface area contributed by atoms with Crippen LogP contribution < -0.4 is 10.1 Å². The van der Waals surface area contributed by atoms with Gasteiger partial charge in [-0.25, -0.2) is 9.48 Å². The Morgan fingerprint density at radius 2 is 1.93 bits per heavy atom. The number of carbonyl (C=O) groups is 2. The molecule has 0 aliphatic carbocycles. The molecule has 2 aromatic heterocycles. The molecule has 2 N–H and O–H groups in total. The lowest BCUT2D eigenvalue weighted by Gasteiger charge is -2.34. The molecular weight excluding hydrogens is 542 g/mol. The number of benzene rings is 2. The molecule has 10 heteroatoms. The molecule has 9 nitrogen and oxygen atoms in total. The average Bonchev–Trinajstić information content (AvgIpc) is 3.56. The van der Waals surface area contributed by atoms with Gasteiger partial charge in [0.25, 0.3) is 5.91 Å². The number of nitrogens with one attached hydrogen (secondary N) is 2. The summed E-state index contributed by atoms with van der Waals surface area (Å²) >= 11 is 6.30. The standard InChI is InChI=1S/C31H36ClN5O4/c1-31(2,3)41-30(39)36-14-11-20(12-15-36)28-26(19-35-37(28)23-7-5-6-22(32)16-23)29(38)33-13-10-21-18-34-27-9-8-24(40-4)17-25(21)27/h5-9,16-20,34H,10-15H2,1-4H3,(H,33,38). The maximum atomic E-state index is 13.5. The van der Waals surface area contributed by atoms with Crippen LogP contribution in [0.1, 0.15) is 61.1 Å². The molecule has 0 radical (unpaired) electrons. The summed E-state index contributed by atoms with van der Waals surface area (Å²) < 4.78 is 12.7. The van der Waals surface area contributed by atoms with E-state index in [0.29, 0.717) is 49.5 Å². The van der Waals surface area contributed by atoms with E-state index in [0.717, 1.165) is 33.6 Å². The van der Waals surface area contributed by atoms with Crippen molar-refractivity contribution in [3.8, 4) is 11.4 Å². The molecule has 41 heavy (non-hydrogen) atoms. The largest absolute Gasteiger partial charge is 0.497 e. The molecular formula is C31H36ClN5O4. The second kappa shape index (κ2) is 11.9. The van der Waals surface area contributed by atoms with Crippen LogP contribution in [0.2, 0.25) is 5.02 Å². The fourth-order valence-corrected chi connectivity index (χ4v) is 5.48. The summed E-state index contributed by atoms with van der Waals surface area (Å²) in [7, 11) is 1.65. The Bertz CT molecular complexity index is 1550. The molecule has 0 saturated carbocycles. The number of methoxy groups -OCH3 is 1. The maximum absolute atomic E-state index is 13.5. The molecule has 0 atom stereocenters. The van der Waals surface area contributed by atoms with Crippen LogP contribution in [0, 0.1) is 0 Å². The predicted octanol–water partition coefficient (Wildman–Crippen LogP) is 6.10. The predicted molar refractivity (Wildman–Crippen MR) is 159 cm³/mol. The van der Waals surface area contributed by atoms with Crippen molar-refractivity contribution in [3.63, 3.8) is 0 Å². The van der Waals surface area contributed by atoms with Crippen LogP contribution in [0.3, 0.4) is 0 Å². The van der Waals surface area contributed by atoms with E-state index >= 15 is 0 Å². The Balaban J connectivity index is 1.34. The van der Waals surface area contributed by atoms with E-state index in [1.54, 1.807) is 22.9 Å². The Labute approximate surface area is 244 Å². The Hall–Kier alpha value is -3.98. The SMILES string of the molecule is COc1ccc2[nH]cc(CCNC(=O)c3cnn(-c4cccc(Cl)c4)c3C3CCN(C(=O)OC(C)(C)C)CC3)c2c1. The lowest BCUT2D eigenvalue weighted by molar-refractivity contribution is 0.0203. The van der Waals surface area contributed by atoms with E-state index in [1.807, 2.05) is 69.4 Å². The molecule has 2 aromatic carbocycles. The van der Waals surface area contributed by atoms with Gasteiger partial charge in [-0.2, -0.15) is 5.10 Å². The van der Waals surface area contributed by atoms with Gasteiger partial charge >= 0.3 is 6.09 Å². The minimum atomic E-state index is -0.552. The number of aromatic nitrogens is 3. The topological polar surface area (TPSA) is 101 Å². The van der Waals surface area contributed by atoms with Crippen molar-refractivity contribution in [2.45, 2.75) is 51.6 Å². The summed E-state index contributed by atoms with van der Waals surface area (Å²) in [5, 5.41) is 9.37. The van der Waals surface area contributed by atoms with E-state index in [9.17, 15) is 9.59 Å². The number of ether oxygens (including phenoxy) is 2. The lowest BCUT2D eigenvalue weighted by atomic mass is 9.91. The van der Waals surface area contributed by atoms with E-state index in [2.05, 4.69) is 15.4 Å². The summed E-state index contributed by atoms with van der Waals surface area (Å²) in [6.07, 6.45) is 5.31. The number of fused-ring (bicyclic) bond motifs is 1. The molecule has 1 saturated heterocycles. The van der Waals surface area contributed by atoms with Gasteiger partial charge in [-0.3, -0.25) is 4.79 Å². The Kier molecular flexibility index (Phi) is 8.26. The first kappa shape index (κ1) is 28.5. The van der Waals surface area contributed by atoms with Gasteiger partial charge in [0.2, 0.25) is 0 Å². The van der Waals surface area contributed by atoms with E-state index in [4.69, 9.17) is 21.1 Å². The van der Waals surface area contributed by atoms with Crippen molar-refractivity contribution < 1.29 is 19.1 Å². The highest BCUT2D eigenvalue weighted by atomic mass is 35.5. The van der Waals surface area contributed by atoms with Crippen molar-refractivity contribution in [2.24, 2.45) is 0 Å². The molecule has 0 bridgehead atoms. The van der Waals surface area contributed by atoms with Gasteiger partial charge in [-0.05, 0) is 82.0 Å². The number of piperidine rings is 1. The third-order valence-electron chi connectivity index (χ3n) is 7.29. The smallest absolute Gasteiger partial charge is 0.410 e. The number of aromatic amines is 1. The Morgan fingerprint density at radius 1 is 1.15 bits per heavy atom. The third-order valence-corrected chi connectivity index (χ3v) is 7.53. The summed E-state index contributed by atoms with van der Waals surface area (Å²) in [6.45, 7) is 7.11. The molecule has 5 rings (SSSR count). The maximum Gasteiger partial charge on any atom is 0.410 e. The summed E-state index contributed by atoms with van der Waals surface area (Å²) in [6, 6.07) is 13.3. The minimum absolute atomic E-state index is 0.0250. The van der Waals surface area contributed by atoms with Crippen molar-refractivity contribution in [1.29, 1.82) is 0 Å². The Morgan fingerprint density at radius 3 is 2.63 bits per heavy atom. The lowest BCUT2D eigenvalue weighted by Crippen LogP contribution is -2.41. The number of hydrogen-bond acceptors (Lipinski definition) is 5. The molecule has 1 fully saturated rings. The van der Waals surface area contributed by atoms with Gasteiger partial charge in [-0.1, -0.05) is 17.7 Å². The van der Waals surface area contributed by atoms with Gasteiger partial charge < -0.3 is 24.7 Å². The number of H-pyrrole nitrogens is 1. The van der Waals surface area contributed by atoms with Gasteiger partial charge in [-0.15, -0.1) is 0 Å². The van der Waals surface area contributed by atoms with Crippen LogP contribution in [-0.4, -0.2) is 64.0 Å². The normalized spacial score (nSPS) is 14.3. The third kappa shape index (κ3) is 6.51. The number of halogens is 1. The van der Waals surface area contributed by atoms with Gasteiger partial charge in [0, 0.05) is 47.7 Å². The summed E-state index contributed by atoms with van der Waals surface area (Å²) in [5.74, 6) is 0.635. The fourth-order valence-electron chi connectivity index (χ4n) is 5.30. The first-order valence-electron chi connectivity index (χ1n) is 13.9. The number of nitrogens with zero attached hydrogens (tertiary/aromatic N) is 3. The average molecular weight is 578 g/mol. The van der Waals surface area contributed by atoms with Crippen LogP contribution in [0.4, 0.5) is 4.79 Å². The van der Waals surface area contributed by atoms with Crippen LogP contribution >= 0.6 is 11.6 Å². The van der Waals surface area contributed by atoms with Crippen LogP contribution in [0.15, 0.2) is 54.9 Å². The van der Waals surface area contributed by atoms with E-state index < -0.39 is 5.60 Å². The van der Waals surface area contributed by atoms with Crippen molar-refractivity contribution in [2.75, 3.05) is 26.7 Å². The van der Waals surface area contributed by atoms with Crippen LogP contribution in [-0.2, 0) is 11.2 Å². The van der Waals surface area contributed by atoms with Gasteiger partial charge in [0.1, 0.15) is 11.4 Å². The highest BCUT2D eigenvalue weighted by Crippen LogP contribution is 2.33. The van der Waals surface area contributed by atoms with Crippen molar-refractivity contribution in [3.05, 3.63) is 76.7 Å². The minimum Gasteiger partial charge on any atom is -0.497 e. The highest BCUT2D eigenvalue weighted by molar-refractivity contribution is 6.30. The van der Waals surface area contributed by atoms with Crippen LogP contribution in [0.5, 0.6) is 5.75 Å². The van der Waals surface area contributed by atoms with Gasteiger partial charge in [0.15, 0.2) is 0 Å². The zero-order chi connectivity index (χ0) is 29.1. The first-order valence-corrected chi connectivity index (χ1v) is 14.2. The van der Waals surface area contributed by atoms with Crippen molar-refractivity contribution in [1.82, 2.24) is 25.0 Å². The summed E-state index contributed by atoms with van der Waals surface area (Å²) in [5.41, 5.74) is 3.71. The zero-order valence-electron chi connectivity index (χ0n) is 23.9. The number of carbonyl (C=O) groups excluding carboxylic acids is 2. The molecule has 0 spiro atoms. The highest BCUT2D eigenvalue weighted by Gasteiger charge is 2.32. The molecule has 3 heterocycles. The molecule has 2 amide bonds. The molecule has 1 aliphatic rings. The number of hydrogen-bond donors (Lipinski definition) is 2. The number of amides is 2. The first-order chi connectivity index (χ1) is 19.6. The van der Waals surface area contributed by atoms with E-state index in [-0.39, 0.29) is 17.9 Å². The van der Waals surface area contributed by atoms with E-state index in [1.165, 1.54) is 0 Å². The zero-order valence-corrected chi connectivity index (χ0v) is 24.6. The molecule has 1 aliphatic heterocycles. The quantitative estimate of drug-likeness (QED) is 0.276. The molecule has 0 unspecified atom stereocenters. The van der Waals surface area contributed by atoms with Crippen LogP contribution in [0.25, 0.3) is 16.6 Å². The van der Waals surface area contributed by atoms with Crippen molar-refractivity contribution >= 4 is 34.5 Å².